The van der Waals surface area contributed by atoms with Crippen LogP contribution in [0, 0.1) is 6.92 Å². The number of carbonyl (C=O) groups excluding carboxylic acids is 2. The number of carbonyl (C=O) groups is 2. The summed E-state index contributed by atoms with van der Waals surface area (Å²) in [6, 6.07) is 14.0. The number of aryl methyl sites for hydroxylation is 1. The van der Waals surface area contributed by atoms with Crippen LogP contribution < -0.4 is 10.5 Å². The number of esters is 1. The van der Waals surface area contributed by atoms with E-state index in [2.05, 4.69) is 4.99 Å². The van der Waals surface area contributed by atoms with Gasteiger partial charge in [-0.1, -0.05) is 29.8 Å². The molecular formula is C18H14N2O3S. The molecule has 0 radical (unpaired) electrons. The first-order valence-corrected chi connectivity index (χ1v) is 8.00. The highest BCUT2D eigenvalue weighted by Gasteiger charge is 2.19. The van der Waals surface area contributed by atoms with Crippen molar-refractivity contribution in [3.05, 3.63) is 70.1 Å². The van der Waals surface area contributed by atoms with Crippen LogP contribution in [0.1, 0.15) is 21.5 Å². The topological polar surface area (TPSA) is 81.8 Å². The molecule has 1 heterocycles. The number of benzene rings is 2. The maximum absolute atomic E-state index is 12.1. The predicted molar refractivity (Wildman–Crippen MR) is 94.8 cm³/mol. The van der Waals surface area contributed by atoms with E-state index in [4.69, 9.17) is 10.5 Å². The van der Waals surface area contributed by atoms with Gasteiger partial charge in [0.25, 0.3) is 5.91 Å². The van der Waals surface area contributed by atoms with Crippen molar-refractivity contribution in [3.8, 4) is 5.75 Å². The van der Waals surface area contributed by atoms with Gasteiger partial charge in [-0.05, 0) is 54.6 Å². The third-order valence-electron chi connectivity index (χ3n) is 3.31. The number of thioether (sulfide) groups is 1. The minimum Gasteiger partial charge on any atom is -0.423 e. The third kappa shape index (κ3) is 3.72. The first kappa shape index (κ1) is 16.0. The van der Waals surface area contributed by atoms with E-state index in [1.165, 1.54) is 0 Å². The summed E-state index contributed by atoms with van der Waals surface area (Å²) in [6.07, 6.45) is 1.70. The summed E-state index contributed by atoms with van der Waals surface area (Å²) in [4.78, 5) is 27.7. The summed E-state index contributed by atoms with van der Waals surface area (Å²) in [5.41, 5.74) is 7.87. The van der Waals surface area contributed by atoms with Gasteiger partial charge in [0.2, 0.25) is 0 Å². The first-order valence-electron chi connectivity index (χ1n) is 7.18. The lowest BCUT2D eigenvalue weighted by Crippen LogP contribution is -2.08. The molecule has 1 aliphatic rings. The van der Waals surface area contributed by atoms with E-state index in [0.29, 0.717) is 16.2 Å². The molecule has 1 amide bonds. The number of aliphatic imine (C=N–C) groups is 1. The molecule has 5 nitrogen and oxygen atoms in total. The van der Waals surface area contributed by atoms with E-state index < -0.39 is 5.97 Å². The van der Waals surface area contributed by atoms with Crippen molar-refractivity contribution >= 4 is 34.9 Å². The molecule has 2 aromatic carbocycles. The highest BCUT2D eigenvalue weighted by molar-refractivity contribution is 8.18. The number of hydrogen-bond donors (Lipinski definition) is 1. The Kier molecular flexibility index (Phi) is 4.48. The van der Waals surface area contributed by atoms with Crippen LogP contribution in [0.2, 0.25) is 0 Å². The van der Waals surface area contributed by atoms with Crippen molar-refractivity contribution in [2.75, 3.05) is 0 Å². The third-order valence-corrected chi connectivity index (χ3v) is 4.13. The largest absolute Gasteiger partial charge is 0.423 e. The lowest BCUT2D eigenvalue weighted by atomic mass is 10.1. The zero-order valence-corrected chi connectivity index (χ0v) is 13.7. The Morgan fingerprint density at radius 3 is 2.38 bits per heavy atom. The Balaban J connectivity index is 1.69. The minimum atomic E-state index is -0.413. The molecule has 2 N–H and O–H groups in total. The zero-order valence-electron chi connectivity index (χ0n) is 12.9. The fraction of sp³-hybridized carbons (Fsp3) is 0.0556. The molecule has 0 saturated heterocycles. The first-order chi connectivity index (χ1) is 11.5. The Bertz CT molecular complexity index is 853. The Hall–Kier alpha value is -2.86. The number of amides is 1. The molecule has 0 fully saturated rings. The van der Waals surface area contributed by atoms with Crippen molar-refractivity contribution in [1.29, 1.82) is 0 Å². The van der Waals surface area contributed by atoms with Gasteiger partial charge in [-0.3, -0.25) is 4.79 Å². The molecule has 6 heteroatoms. The van der Waals surface area contributed by atoms with Gasteiger partial charge in [-0.25, -0.2) is 4.79 Å². The molecular weight excluding hydrogens is 324 g/mol. The van der Waals surface area contributed by atoms with Gasteiger partial charge in [-0.2, -0.15) is 4.99 Å². The molecule has 24 heavy (non-hydrogen) atoms. The van der Waals surface area contributed by atoms with Crippen molar-refractivity contribution in [1.82, 2.24) is 0 Å². The Morgan fingerprint density at radius 1 is 1.12 bits per heavy atom. The highest BCUT2D eigenvalue weighted by atomic mass is 32.2. The molecule has 0 aliphatic carbocycles. The molecule has 2 aromatic rings. The molecule has 1 aliphatic heterocycles. The smallest absolute Gasteiger partial charge is 0.343 e. The lowest BCUT2D eigenvalue weighted by molar-refractivity contribution is -0.113. The second kappa shape index (κ2) is 6.72. The second-order valence-electron chi connectivity index (χ2n) is 5.19. The van der Waals surface area contributed by atoms with Crippen LogP contribution in [0.5, 0.6) is 5.75 Å². The van der Waals surface area contributed by atoms with Crippen molar-refractivity contribution in [2.45, 2.75) is 6.92 Å². The summed E-state index contributed by atoms with van der Waals surface area (Å²) < 4.78 is 5.33. The van der Waals surface area contributed by atoms with Crippen molar-refractivity contribution in [3.63, 3.8) is 0 Å². The summed E-state index contributed by atoms with van der Waals surface area (Å²) in [5, 5.41) is 0.245. The van der Waals surface area contributed by atoms with Crippen LogP contribution in [0.4, 0.5) is 0 Å². The van der Waals surface area contributed by atoms with Gasteiger partial charge in [0.15, 0.2) is 5.17 Å². The highest BCUT2D eigenvalue weighted by Crippen LogP contribution is 2.27. The van der Waals surface area contributed by atoms with Gasteiger partial charge in [-0.15, -0.1) is 0 Å². The average Bonchev–Trinajstić information content (AvgIpc) is 2.87. The number of hydrogen-bond acceptors (Lipinski definition) is 5. The summed E-state index contributed by atoms with van der Waals surface area (Å²) >= 11 is 1.14. The number of rotatable bonds is 3. The van der Waals surface area contributed by atoms with Crippen LogP contribution in [0.25, 0.3) is 6.08 Å². The molecule has 0 aromatic heterocycles. The van der Waals surface area contributed by atoms with E-state index >= 15 is 0 Å². The van der Waals surface area contributed by atoms with Crippen LogP contribution in [-0.4, -0.2) is 17.0 Å². The van der Waals surface area contributed by atoms with Crippen LogP contribution in [0.3, 0.4) is 0 Å². The van der Waals surface area contributed by atoms with Gasteiger partial charge >= 0.3 is 5.97 Å². The maximum Gasteiger partial charge on any atom is 0.343 e. The fourth-order valence-electron chi connectivity index (χ4n) is 2.06. The number of amidine groups is 1. The van der Waals surface area contributed by atoms with Crippen LogP contribution in [-0.2, 0) is 4.79 Å². The van der Waals surface area contributed by atoms with E-state index in [0.717, 1.165) is 22.9 Å². The zero-order chi connectivity index (χ0) is 17.1. The average molecular weight is 338 g/mol. The second-order valence-corrected chi connectivity index (χ2v) is 6.25. The summed E-state index contributed by atoms with van der Waals surface area (Å²) in [6.45, 7) is 1.95. The number of ether oxygens (including phenoxy) is 1. The van der Waals surface area contributed by atoms with Crippen LogP contribution in [0.15, 0.2) is 58.4 Å². The summed E-state index contributed by atoms with van der Waals surface area (Å²) in [5.74, 6) is -0.319. The van der Waals surface area contributed by atoms with E-state index in [1.807, 2.05) is 19.1 Å². The lowest BCUT2D eigenvalue weighted by Gasteiger charge is -2.05. The van der Waals surface area contributed by atoms with Gasteiger partial charge in [0.1, 0.15) is 5.75 Å². The Morgan fingerprint density at radius 2 is 1.79 bits per heavy atom. The molecule has 0 bridgehead atoms. The van der Waals surface area contributed by atoms with Crippen LogP contribution >= 0.6 is 11.8 Å². The van der Waals surface area contributed by atoms with Crippen molar-refractivity contribution < 1.29 is 14.3 Å². The van der Waals surface area contributed by atoms with Gasteiger partial charge < -0.3 is 10.5 Å². The summed E-state index contributed by atoms with van der Waals surface area (Å²) in [7, 11) is 0. The molecule has 0 unspecified atom stereocenters. The van der Waals surface area contributed by atoms with E-state index in [9.17, 15) is 9.59 Å². The SMILES string of the molecule is Cc1ccc(C(=O)Oc2ccc(/C=C3\SC(N)=NC3=O)cc2)cc1. The number of nitrogens with two attached hydrogens (primary N) is 1. The molecule has 0 saturated carbocycles. The molecule has 3 rings (SSSR count). The molecule has 0 atom stereocenters. The normalized spacial score (nSPS) is 15.5. The predicted octanol–water partition coefficient (Wildman–Crippen LogP) is 3.14. The van der Waals surface area contributed by atoms with Gasteiger partial charge in [0, 0.05) is 0 Å². The number of nitrogens with zero attached hydrogens (tertiary/aromatic N) is 1. The monoisotopic (exact) mass is 338 g/mol. The van der Waals surface area contributed by atoms with E-state index in [-0.39, 0.29) is 11.1 Å². The molecule has 120 valence electrons. The Labute approximate surface area is 143 Å². The molecule has 0 spiro atoms. The van der Waals surface area contributed by atoms with Crippen molar-refractivity contribution in [2.24, 2.45) is 10.7 Å². The maximum atomic E-state index is 12.1. The van der Waals surface area contributed by atoms with E-state index in [1.54, 1.807) is 42.5 Å². The minimum absolute atomic E-state index is 0.245. The van der Waals surface area contributed by atoms with Gasteiger partial charge in [0.05, 0.1) is 10.5 Å². The standard InChI is InChI=1S/C18H14N2O3S/c1-11-2-6-13(7-3-11)17(22)23-14-8-4-12(5-9-14)10-15-16(21)20-18(19)24-15/h2-10H,1H3,(H2,19,20,21)/b15-10-. The quantitative estimate of drug-likeness (QED) is 0.528. The fourth-order valence-corrected chi connectivity index (χ4v) is 2.75.